The summed E-state index contributed by atoms with van der Waals surface area (Å²) in [7, 11) is 5.85. The summed E-state index contributed by atoms with van der Waals surface area (Å²) in [6.45, 7) is 3.99. The van der Waals surface area contributed by atoms with Gasteiger partial charge in [-0.05, 0) is 13.3 Å². The second kappa shape index (κ2) is 10.5. The summed E-state index contributed by atoms with van der Waals surface area (Å²) in [6.07, 6.45) is 1.61. The first-order valence-electron chi connectivity index (χ1n) is 8.68. The molecule has 0 aromatic heterocycles. The molecule has 0 spiro atoms. The zero-order chi connectivity index (χ0) is 19.7. The Bertz CT molecular complexity index is 591. The molecule has 0 radical (unpaired) electrons. The Morgan fingerprint density at radius 3 is 1.96 bits per heavy atom. The summed E-state index contributed by atoms with van der Waals surface area (Å²) in [6, 6.07) is 3.41. The highest BCUT2D eigenvalue weighted by molar-refractivity contribution is 5.96. The number of imide groups is 1. The lowest BCUT2D eigenvalue weighted by molar-refractivity contribution is -0.131. The molecule has 1 rings (SSSR count). The fourth-order valence-corrected chi connectivity index (χ4v) is 2.85. The first-order chi connectivity index (χ1) is 12.5. The first kappa shape index (κ1) is 21.6. The molecule has 1 aromatic carbocycles. The van der Waals surface area contributed by atoms with Crippen molar-refractivity contribution in [1.82, 2.24) is 4.90 Å². The molecule has 0 bridgehead atoms. The molecule has 7 nitrogen and oxygen atoms in total. The van der Waals surface area contributed by atoms with Crippen LogP contribution in [0.2, 0.25) is 0 Å². The van der Waals surface area contributed by atoms with Crippen LogP contribution < -0.4 is 14.2 Å². The van der Waals surface area contributed by atoms with E-state index in [1.807, 2.05) is 6.92 Å². The fourth-order valence-electron chi connectivity index (χ4n) is 2.85. The molecule has 0 heterocycles. The molecule has 0 aliphatic rings. The van der Waals surface area contributed by atoms with Gasteiger partial charge in [-0.15, -0.1) is 0 Å². The van der Waals surface area contributed by atoms with Gasteiger partial charge in [-0.25, -0.2) is 9.69 Å². The number of rotatable bonds is 9. The van der Waals surface area contributed by atoms with Crippen molar-refractivity contribution in [2.24, 2.45) is 0 Å². The summed E-state index contributed by atoms with van der Waals surface area (Å²) in [5.74, 6) is 0.594. The van der Waals surface area contributed by atoms with Crippen molar-refractivity contribution >= 4 is 12.0 Å². The van der Waals surface area contributed by atoms with Gasteiger partial charge >= 0.3 is 6.09 Å². The third kappa shape index (κ3) is 4.80. The molecule has 0 fully saturated rings. The lowest BCUT2D eigenvalue weighted by Crippen LogP contribution is -2.40. The van der Waals surface area contributed by atoms with Crippen LogP contribution in [-0.2, 0) is 9.53 Å². The van der Waals surface area contributed by atoms with Crippen molar-refractivity contribution in [3.63, 3.8) is 0 Å². The minimum Gasteiger partial charge on any atom is -0.496 e. The Kier molecular flexibility index (Phi) is 8.75. The second-order valence-electron chi connectivity index (χ2n) is 5.69. The van der Waals surface area contributed by atoms with Gasteiger partial charge in [0.15, 0.2) is 0 Å². The molecular weight excluding hydrogens is 338 g/mol. The van der Waals surface area contributed by atoms with Crippen LogP contribution in [0.5, 0.6) is 17.2 Å². The van der Waals surface area contributed by atoms with Crippen LogP contribution >= 0.6 is 0 Å². The highest BCUT2D eigenvalue weighted by atomic mass is 16.5. The van der Waals surface area contributed by atoms with Gasteiger partial charge in [0, 0.05) is 24.2 Å². The van der Waals surface area contributed by atoms with Crippen LogP contribution in [0, 0.1) is 0 Å². The quantitative estimate of drug-likeness (QED) is 0.664. The van der Waals surface area contributed by atoms with Crippen LogP contribution in [0.4, 0.5) is 4.79 Å². The molecule has 0 saturated heterocycles. The number of carbonyl (C=O) groups excluding carboxylic acids is 2. The van der Waals surface area contributed by atoms with Gasteiger partial charge in [0.2, 0.25) is 5.91 Å². The SMILES string of the molecule is CCCCC(C(=O)N(CC)C(=O)OC)c1c(OC)cc(OC)cc1OC. The van der Waals surface area contributed by atoms with Crippen LogP contribution in [0.3, 0.4) is 0 Å². The monoisotopic (exact) mass is 367 g/mol. The van der Waals surface area contributed by atoms with Crippen LogP contribution in [0.1, 0.15) is 44.6 Å². The molecule has 1 unspecified atom stereocenters. The number of benzene rings is 1. The van der Waals surface area contributed by atoms with Gasteiger partial charge in [-0.1, -0.05) is 19.8 Å². The molecule has 0 N–H and O–H groups in total. The molecule has 0 saturated carbocycles. The van der Waals surface area contributed by atoms with Crippen molar-refractivity contribution in [3.05, 3.63) is 17.7 Å². The lowest BCUT2D eigenvalue weighted by Gasteiger charge is -2.26. The van der Waals surface area contributed by atoms with Crippen molar-refractivity contribution in [1.29, 1.82) is 0 Å². The highest BCUT2D eigenvalue weighted by Crippen LogP contribution is 2.42. The van der Waals surface area contributed by atoms with Gasteiger partial charge in [-0.3, -0.25) is 4.79 Å². The zero-order valence-electron chi connectivity index (χ0n) is 16.5. The standard InChI is InChI=1S/C19H29NO6/c1-7-9-10-14(18(21)20(8-2)19(22)26-6)17-15(24-4)11-13(23-3)12-16(17)25-5/h11-12,14H,7-10H2,1-6H3. The summed E-state index contributed by atoms with van der Waals surface area (Å²) in [4.78, 5) is 26.3. The molecular formula is C19H29NO6. The fraction of sp³-hybridized carbons (Fsp3) is 0.579. The Hall–Kier alpha value is -2.44. The third-order valence-corrected chi connectivity index (χ3v) is 4.22. The highest BCUT2D eigenvalue weighted by Gasteiger charge is 2.33. The van der Waals surface area contributed by atoms with E-state index in [1.165, 1.54) is 21.3 Å². The van der Waals surface area contributed by atoms with Gasteiger partial charge in [-0.2, -0.15) is 0 Å². The number of likely N-dealkylation sites (N-methyl/N-ethyl adjacent to an activating group) is 1. The molecule has 1 atom stereocenters. The van der Waals surface area contributed by atoms with E-state index in [0.29, 0.717) is 29.2 Å². The van der Waals surface area contributed by atoms with Crippen LogP contribution in [-0.4, -0.2) is 51.9 Å². The minimum atomic E-state index is -0.676. The zero-order valence-corrected chi connectivity index (χ0v) is 16.5. The van der Waals surface area contributed by atoms with E-state index in [2.05, 4.69) is 0 Å². The maximum absolute atomic E-state index is 13.2. The van der Waals surface area contributed by atoms with Gasteiger partial charge < -0.3 is 18.9 Å². The van der Waals surface area contributed by atoms with E-state index in [-0.39, 0.29) is 12.5 Å². The Morgan fingerprint density at radius 2 is 1.58 bits per heavy atom. The average Bonchev–Trinajstić information content (AvgIpc) is 2.67. The van der Waals surface area contributed by atoms with E-state index in [1.54, 1.807) is 26.2 Å². The number of ether oxygens (including phenoxy) is 4. The smallest absolute Gasteiger partial charge is 0.416 e. The predicted molar refractivity (Wildman–Crippen MR) is 98.2 cm³/mol. The van der Waals surface area contributed by atoms with Gasteiger partial charge in [0.25, 0.3) is 0 Å². The molecule has 146 valence electrons. The lowest BCUT2D eigenvalue weighted by atomic mass is 9.90. The van der Waals surface area contributed by atoms with Crippen LogP contribution in [0.25, 0.3) is 0 Å². The Labute approximate surface area is 155 Å². The van der Waals surface area contributed by atoms with E-state index >= 15 is 0 Å². The van der Waals surface area contributed by atoms with Crippen molar-refractivity contribution in [2.45, 2.75) is 39.0 Å². The number of hydrogen-bond donors (Lipinski definition) is 0. The number of hydrogen-bond acceptors (Lipinski definition) is 6. The molecule has 1 aromatic rings. The number of nitrogens with zero attached hydrogens (tertiary/aromatic N) is 1. The van der Waals surface area contributed by atoms with E-state index in [9.17, 15) is 9.59 Å². The number of methoxy groups -OCH3 is 4. The summed E-state index contributed by atoms with van der Waals surface area (Å²) < 4.78 is 21.0. The van der Waals surface area contributed by atoms with E-state index in [4.69, 9.17) is 18.9 Å². The molecule has 2 amide bonds. The number of carbonyl (C=O) groups is 2. The number of unbranched alkanes of at least 4 members (excludes halogenated alkanes) is 1. The van der Waals surface area contributed by atoms with E-state index in [0.717, 1.165) is 17.7 Å². The van der Waals surface area contributed by atoms with Gasteiger partial charge in [0.1, 0.15) is 17.2 Å². The molecule has 26 heavy (non-hydrogen) atoms. The third-order valence-electron chi connectivity index (χ3n) is 4.22. The summed E-state index contributed by atoms with van der Waals surface area (Å²) in [5.41, 5.74) is 0.608. The number of amides is 2. The molecule has 0 aliphatic heterocycles. The summed E-state index contributed by atoms with van der Waals surface area (Å²) in [5, 5.41) is 0. The molecule has 7 heteroatoms. The predicted octanol–water partition coefficient (Wildman–Crippen LogP) is 3.60. The van der Waals surface area contributed by atoms with Crippen molar-refractivity contribution < 1.29 is 28.5 Å². The van der Waals surface area contributed by atoms with E-state index < -0.39 is 12.0 Å². The maximum Gasteiger partial charge on any atom is 0.416 e. The van der Waals surface area contributed by atoms with Crippen molar-refractivity contribution in [3.8, 4) is 17.2 Å². The second-order valence-corrected chi connectivity index (χ2v) is 5.69. The molecule has 0 aliphatic carbocycles. The topological polar surface area (TPSA) is 74.3 Å². The maximum atomic E-state index is 13.2. The normalized spacial score (nSPS) is 11.5. The Balaban J connectivity index is 3.48. The first-order valence-corrected chi connectivity index (χ1v) is 8.68. The largest absolute Gasteiger partial charge is 0.496 e. The summed E-state index contributed by atoms with van der Waals surface area (Å²) >= 11 is 0. The van der Waals surface area contributed by atoms with Crippen LogP contribution in [0.15, 0.2) is 12.1 Å². The average molecular weight is 367 g/mol. The van der Waals surface area contributed by atoms with Crippen molar-refractivity contribution in [2.75, 3.05) is 35.0 Å². The Morgan fingerprint density at radius 1 is 1.00 bits per heavy atom. The van der Waals surface area contributed by atoms with Gasteiger partial charge in [0.05, 0.1) is 34.4 Å². The minimum absolute atomic E-state index is 0.217.